The van der Waals surface area contributed by atoms with E-state index in [1.807, 2.05) is 85.7 Å². The fraction of sp³-hybridized carbons (Fsp3) is 0.583. The minimum Gasteiger partial charge on any atom is -0.490 e. The molecule has 2 aromatic rings. The van der Waals surface area contributed by atoms with E-state index in [0.29, 0.717) is 31.9 Å². The number of carbonyl (C=O) groups excluding carboxylic acids is 1. The molecule has 0 amide bonds. The molecular weight excluding hydrogens is 589 g/mol. The van der Waals surface area contributed by atoms with Gasteiger partial charge in [0.25, 0.3) is 0 Å². The summed E-state index contributed by atoms with van der Waals surface area (Å²) in [5, 5.41) is 9.06. The van der Waals surface area contributed by atoms with Gasteiger partial charge in [0, 0.05) is 11.1 Å². The summed E-state index contributed by atoms with van der Waals surface area (Å²) in [5.74, 6) is 1.12. The predicted octanol–water partition coefficient (Wildman–Crippen LogP) is 9.31. The van der Waals surface area contributed by atoms with Crippen LogP contribution in [-0.4, -0.2) is 31.3 Å². The Morgan fingerprint density at radius 3 is 1.89 bits per heavy atom. The number of aryl methyl sites for hydroxylation is 2. The molecule has 2 aromatic carbocycles. The number of aliphatic hydroxyl groups is 1. The van der Waals surface area contributed by atoms with Crippen molar-refractivity contribution in [2.24, 2.45) is 17.1 Å². The van der Waals surface area contributed by atoms with Crippen molar-refractivity contribution >= 4 is 24.2 Å². The molecule has 0 spiro atoms. The molecule has 0 aliphatic rings. The Labute approximate surface area is 280 Å². The maximum absolute atomic E-state index is 12.4. The van der Waals surface area contributed by atoms with Crippen molar-refractivity contribution in [3.8, 4) is 0 Å². The topological polar surface area (TPSA) is 120 Å². The Balaban J connectivity index is -0.000000247. The largest absolute Gasteiger partial charge is 0.490 e. The van der Waals surface area contributed by atoms with Crippen molar-refractivity contribution in [1.82, 2.24) is 4.72 Å². The second-order valence-corrected chi connectivity index (χ2v) is 10.8. The van der Waals surface area contributed by atoms with Crippen LogP contribution in [0.4, 0.5) is 10.1 Å². The Morgan fingerprint density at radius 1 is 1.04 bits per heavy atom. The number of benzene rings is 2. The lowest BCUT2D eigenvalue weighted by Crippen LogP contribution is -2.26. The van der Waals surface area contributed by atoms with Gasteiger partial charge >= 0.3 is 0 Å². The highest BCUT2D eigenvalue weighted by atomic mass is 32.2. The van der Waals surface area contributed by atoms with Crippen LogP contribution in [0.2, 0.25) is 0 Å². The number of carbonyl (C=O) groups is 1. The van der Waals surface area contributed by atoms with E-state index in [0.717, 1.165) is 46.9 Å². The first kappa shape index (κ1) is 49.4. The van der Waals surface area contributed by atoms with Crippen molar-refractivity contribution in [2.75, 3.05) is 25.6 Å². The summed E-state index contributed by atoms with van der Waals surface area (Å²) >= 11 is 1.15. The quantitative estimate of drug-likeness (QED) is 0.0246. The van der Waals surface area contributed by atoms with Crippen molar-refractivity contribution in [3.05, 3.63) is 76.8 Å². The molecule has 0 saturated carbocycles. The first-order valence-corrected chi connectivity index (χ1v) is 16.8. The van der Waals surface area contributed by atoms with Gasteiger partial charge in [0.15, 0.2) is 12.0 Å². The summed E-state index contributed by atoms with van der Waals surface area (Å²) in [6.45, 7) is 25.5. The third kappa shape index (κ3) is 31.3. The van der Waals surface area contributed by atoms with E-state index in [-0.39, 0.29) is 17.8 Å². The minimum atomic E-state index is -0.253. The fourth-order valence-corrected chi connectivity index (χ4v) is 3.04. The Hall–Kier alpha value is -2.43. The van der Waals surface area contributed by atoms with Gasteiger partial charge in [-0.1, -0.05) is 93.4 Å². The highest BCUT2D eigenvalue weighted by Gasteiger charge is 2.22. The zero-order valence-corrected chi connectivity index (χ0v) is 31.2. The van der Waals surface area contributed by atoms with Crippen LogP contribution in [0.15, 0.2) is 54.3 Å². The molecule has 0 aromatic heterocycles. The normalized spacial score (nSPS) is 11.2. The van der Waals surface area contributed by atoms with Gasteiger partial charge in [0.05, 0.1) is 38.7 Å². The zero-order chi connectivity index (χ0) is 35.7. The average molecular weight is 656 g/mol. The summed E-state index contributed by atoms with van der Waals surface area (Å²) in [6, 6.07) is 12.5. The van der Waals surface area contributed by atoms with E-state index in [1.54, 1.807) is 13.0 Å². The maximum Gasteiger partial charge on any atom is 0.184 e. The van der Waals surface area contributed by atoms with Crippen LogP contribution in [0.25, 0.3) is 0 Å². The summed E-state index contributed by atoms with van der Waals surface area (Å²) in [7, 11) is 0. The molecule has 0 aliphatic carbocycles. The van der Waals surface area contributed by atoms with Gasteiger partial charge < -0.3 is 21.3 Å². The lowest BCUT2D eigenvalue weighted by atomic mass is 9.90. The minimum absolute atomic E-state index is 0.0688. The van der Waals surface area contributed by atoms with Crippen molar-refractivity contribution in [1.29, 1.82) is 0 Å². The summed E-state index contributed by atoms with van der Waals surface area (Å²) < 4.78 is 25.6. The highest BCUT2D eigenvalue weighted by molar-refractivity contribution is 7.92. The molecule has 6 N–H and O–H groups in total. The first-order valence-electron chi connectivity index (χ1n) is 16.1. The van der Waals surface area contributed by atoms with E-state index < -0.39 is 0 Å². The lowest BCUT2D eigenvalue weighted by Gasteiger charge is -2.25. The summed E-state index contributed by atoms with van der Waals surface area (Å²) in [6.07, 6.45) is 5.76. The summed E-state index contributed by atoms with van der Waals surface area (Å²) in [5.41, 5.74) is 14.3. The van der Waals surface area contributed by atoms with Crippen molar-refractivity contribution in [3.63, 3.8) is 0 Å². The van der Waals surface area contributed by atoms with Crippen molar-refractivity contribution < 1.29 is 23.2 Å². The number of allylic oxidation sites excluding steroid dienone is 2. The SMILES string of the molecule is C/C=C(\C=O)OCC(C)(CC)CO.CC.CC.CCC(C)CC.Cc1cc(C)cc(F)c1.NCNSOCc1ccc(N)cc1. The van der Waals surface area contributed by atoms with Crippen molar-refractivity contribution in [2.45, 2.75) is 109 Å². The Morgan fingerprint density at radius 2 is 1.56 bits per heavy atom. The second kappa shape index (κ2) is 34.4. The lowest BCUT2D eigenvalue weighted by molar-refractivity contribution is -0.108. The monoisotopic (exact) mass is 655 g/mol. The zero-order valence-electron chi connectivity index (χ0n) is 30.3. The van der Waals surface area contributed by atoms with Gasteiger partial charge in [-0.2, -0.15) is 0 Å². The van der Waals surface area contributed by atoms with Crippen LogP contribution in [0, 0.1) is 31.0 Å². The highest BCUT2D eigenvalue weighted by Crippen LogP contribution is 2.21. The van der Waals surface area contributed by atoms with Crippen LogP contribution in [0.5, 0.6) is 0 Å². The van der Waals surface area contributed by atoms with Gasteiger partial charge in [-0.25, -0.2) is 9.11 Å². The molecular formula is C36H66FN3O4S. The van der Waals surface area contributed by atoms with Gasteiger partial charge in [-0.3, -0.25) is 8.98 Å². The van der Waals surface area contributed by atoms with Gasteiger partial charge in [-0.05, 0) is 80.1 Å². The molecule has 0 fully saturated rings. The number of rotatable bonds is 13. The smallest absolute Gasteiger partial charge is 0.184 e. The van der Waals surface area contributed by atoms with Gasteiger partial charge in [0.2, 0.25) is 0 Å². The molecule has 262 valence electrons. The molecule has 0 aliphatic heterocycles. The average Bonchev–Trinajstić information content (AvgIpc) is 3.06. The number of aliphatic hydroxyl groups excluding tert-OH is 1. The molecule has 0 radical (unpaired) electrons. The molecule has 2 rings (SSSR count). The molecule has 0 heterocycles. The van der Waals surface area contributed by atoms with Crippen LogP contribution in [0.3, 0.4) is 0 Å². The fourth-order valence-electron chi connectivity index (χ4n) is 2.70. The molecule has 1 atom stereocenters. The Kier molecular flexibility index (Phi) is 37.8. The van der Waals surface area contributed by atoms with E-state index in [9.17, 15) is 9.18 Å². The summed E-state index contributed by atoms with van der Waals surface area (Å²) in [4.78, 5) is 10.4. The standard InChI is InChI=1S/C10H18O3.C8H9F.C8H13N3OS.C6H14.2C2H6/c1-4-9(6-11)13-8-10(3,5-2)7-12;1-6-3-7(2)5-8(9)4-6;9-6-11-13-12-5-7-1-3-8(10)4-2-7;1-4-6(3)5-2;2*1-2/h4,6,12H,5,7-8H2,1-3H3;3-5H,1-2H3;1-4,11H,5-6,9-10H2;6H,4-5H2,1-3H3;2*1-2H3/b9-4+;;;;;. The number of hydrogen-bond acceptors (Lipinski definition) is 8. The van der Waals surface area contributed by atoms with Crippen LogP contribution < -0.4 is 16.2 Å². The van der Waals surface area contributed by atoms with Crippen LogP contribution >= 0.6 is 12.2 Å². The van der Waals surface area contributed by atoms with Crippen LogP contribution in [0.1, 0.15) is 105 Å². The number of aldehydes is 1. The van der Waals surface area contributed by atoms with Crippen LogP contribution in [-0.2, 0) is 20.3 Å². The van der Waals surface area contributed by atoms with E-state index in [2.05, 4.69) is 25.5 Å². The van der Waals surface area contributed by atoms with Gasteiger partial charge in [0.1, 0.15) is 5.82 Å². The van der Waals surface area contributed by atoms with E-state index in [1.165, 1.54) is 25.0 Å². The number of hydrogen-bond donors (Lipinski definition) is 4. The van der Waals surface area contributed by atoms with E-state index >= 15 is 0 Å². The van der Waals surface area contributed by atoms with Gasteiger partial charge in [-0.15, -0.1) is 0 Å². The maximum atomic E-state index is 12.4. The third-order valence-corrected chi connectivity index (χ3v) is 6.73. The number of ether oxygens (including phenoxy) is 1. The second-order valence-electron chi connectivity index (χ2n) is 10.1. The number of nitrogens with two attached hydrogens (primary N) is 2. The first-order chi connectivity index (χ1) is 21.4. The molecule has 9 heteroatoms. The molecule has 45 heavy (non-hydrogen) atoms. The Bertz CT molecular complexity index is 901. The number of nitrogens with one attached hydrogen (secondary N) is 1. The molecule has 1 unspecified atom stereocenters. The molecule has 0 saturated heterocycles. The third-order valence-electron chi connectivity index (χ3n) is 6.21. The predicted molar refractivity (Wildman–Crippen MR) is 195 cm³/mol. The van der Waals surface area contributed by atoms with E-state index in [4.69, 9.17) is 25.5 Å². The molecule has 0 bridgehead atoms. The number of anilines is 1. The number of nitrogen functional groups attached to an aromatic ring is 1. The molecule has 7 nitrogen and oxygen atoms in total. The number of halogens is 1.